The van der Waals surface area contributed by atoms with E-state index in [9.17, 15) is 4.79 Å². The zero-order valence-corrected chi connectivity index (χ0v) is 12.1. The largest absolute Gasteiger partial charge is 0.304 e. The maximum Gasteiger partial charge on any atom is 0.258 e. The van der Waals surface area contributed by atoms with Crippen LogP contribution in [0.1, 0.15) is 15.9 Å². The van der Waals surface area contributed by atoms with E-state index in [0.29, 0.717) is 12.1 Å². The van der Waals surface area contributed by atoms with Crippen molar-refractivity contribution in [3.63, 3.8) is 0 Å². The lowest BCUT2D eigenvalue weighted by molar-refractivity contribution is 0.0985. The van der Waals surface area contributed by atoms with Crippen LogP contribution in [0.3, 0.4) is 0 Å². The SMILES string of the molecule is O=C(c1ccccc1)N(Cc1ccccc1)c1cc[c]cc1. The summed E-state index contributed by atoms with van der Waals surface area (Å²) in [7, 11) is 0. The van der Waals surface area contributed by atoms with Crippen molar-refractivity contribution in [1.82, 2.24) is 0 Å². The van der Waals surface area contributed by atoms with Crippen LogP contribution in [-0.2, 0) is 6.54 Å². The van der Waals surface area contributed by atoms with Crippen molar-refractivity contribution >= 4 is 11.6 Å². The summed E-state index contributed by atoms with van der Waals surface area (Å²) in [4.78, 5) is 14.7. The number of hydrogen-bond donors (Lipinski definition) is 0. The van der Waals surface area contributed by atoms with Gasteiger partial charge in [-0.05, 0) is 35.9 Å². The molecule has 1 radical (unpaired) electrons. The average Bonchev–Trinajstić information content (AvgIpc) is 2.61. The van der Waals surface area contributed by atoms with Crippen molar-refractivity contribution in [2.45, 2.75) is 6.54 Å². The number of carbonyl (C=O) groups excluding carboxylic acids is 1. The first-order valence-electron chi connectivity index (χ1n) is 7.21. The molecule has 0 aliphatic carbocycles. The summed E-state index contributed by atoms with van der Waals surface area (Å²) in [5.41, 5.74) is 2.65. The molecular formula is C20H16NO. The molecule has 3 aromatic carbocycles. The molecule has 2 nitrogen and oxygen atoms in total. The molecule has 0 aromatic heterocycles. The summed E-state index contributed by atoms with van der Waals surface area (Å²) in [6.07, 6.45) is 0. The molecule has 0 N–H and O–H groups in total. The van der Waals surface area contributed by atoms with Crippen molar-refractivity contribution < 1.29 is 4.79 Å². The Bertz CT molecular complexity index is 723. The van der Waals surface area contributed by atoms with Gasteiger partial charge in [-0.25, -0.2) is 0 Å². The Balaban J connectivity index is 1.95. The van der Waals surface area contributed by atoms with Crippen LogP contribution in [0.2, 0.25) is 0 Å². The predicted molar refractivity (Wildman–Crippen MR) is 88.7 cm³/mol. The molecule has 1 amide bonds. The van der Waals surface area contributed by atoms with Crippen molar-refractivity contribution in [1.29, 1.82) is 0 Å². The maximum absolute atomic E-state index is 12.9. The van der Waals surface area contributed by atoms with Crippen molar-refractivity contribution in [3.05, 3.63) is 102 Å². The molecule has 0 unspecified atom stereocenters. The van der Waals surface area contributed by atoms with Crippen LogP contribution in [-0.4, -0.2) is 5.91 Å². The van der Waals surface area contributed by atoms with Crippen LogP contribution < -0.4 is 4.90 Å². The Kier molecular flexibility index (Phi) is 4.30. The Morgan fingerprint density at radius 1 is 0.818 bits per heavy atom. The average molecular weight is 286 g/mol. The summed E-state index contributed by atoms with van der Waals surface area (Å²) >= 11 is 0. The Hall–Kier alpha value is -2.87. The Labute approximate surface area is 130 Å². The van der Waals surface area contributed by atoms with E-state index in [1.165, 1.54) is 0 Å². The second-order valence-electron chi connectivity index (χ2n) is 5.00. The molecule has 0 heterocycles. The van der Waals surface area contributed by atoms with Gasteiger partial charge >= 0.3 is 0 Å². The second-order valence-corrected chi connectivity index (χ2v) is 5.00. The third-order valence-corrected chi connectivity index (χ3v) is 3.46. The lowest BCUT2D eigenvalue weighted by Gasteiger charge is -2.23. The van der Waals surface area contributed by atoms with Crippen LogP contribution in [0, 0.1) is 6.07 Å². The first-order valence-corrected chi connectivity index (χ1v) is 7.21. The third-order valence-electron chi connectivity index (χ3n) is 3.46. The Morgan fingerprint density at radius 3 is 2.05 bits per heavy atom. The quantitative estimate of drug-likeness (QED) is 0.699. The summed E-state index contributed by atoms with van der Waals surface area (Å²) < 4.78 is 0. The highest BCUT2D eigenvalue weighted by molar-refractivity contribution is 6.05. The minimum atomic E-state index is -0.00402. The van der Waals surface area contributed by atoms with Crippen LogP contribution in [0.5, 0.6) is 0 Å². The molecule has 3 aromatic rings. The zero-order chi connectivity index (χ0) is 15.2. The van der Waals surface area contributed by atoms with Gasteiger partial charge in [0.05, 0.1) is 6.54 Å². The van der Waals surface area contributed by atoms with E-state index >= 15 is 0 Å². The highest BCUT2D eigenvalue weighted by Gasteiger charge is 2.17. The molecular weight excluding hydrogens is 270 g/mol. The highest BCUT2D eigenvalue weighted by atomic mass is 16.2. The number of amides is 1. The van der Waals surface area contributed by atoms with Crippen molar-refractivity contribution in [3.8, 4) is 0 Å². The van der Waals surface area contributed by atoms with Gasteiger partial charge in [0.1, 0.15) is 0 Å². The number of hydrogen-bond acceptors (Lipinski definition) is 1. The van der Waals surface area contributed by atoms with E-state index in [1.54, 1.807) is 4.90 Å². The maximum atomic E-state index is 12.9. The first-order chi connectivity index (χ1) is 10.8. The lowest BCUT2D eigenvalue weighted by Crippen LogP contribution is -2.30. The van der Waals surface area contributed by atoms with Gasteiger partial charge in [0, 0.05) is 11.3 Å². The fraction of sp³-hybridized carbons (Fsp3) is 0.0500. The molecule has 2 heteroatoms. The fourth-order valence-corrected chi connectivity index (χ4v) is 2.34. The number of rotatable bonds is 4. The molecule has 0 bridgehead atoms. The molecule has 22 heavy (non-hydrogen) atoms. The summed E-state index contributed by atoms with van der Waals surface area (Å²) in [6.45, 7) is 0.540. The van der Waals surface area contributed by atoms with Gasteiger partial charge in [-0.2, -0.15) is 0 Å². The number of carbonyl (C=O) groups is 1. The van der Waals surface area contributed by atoms with Gasteiger partial charge < -0.3 is 4.90 Å². The molecule has 0 saturated carbocycles. The van der Waals surface area contributed by atoms with E-state index in [-0.39, 0.29) is 5.91 Å². The summed E-state index contributed by atoms with van der Waals surface area (Å²) in [6, 6.07) is 29.8. The van der Waals surface area contributed by atoms with Crippen molar-refractivity contribution in [2.75, 3.05) is 4.90 Å². The third kappa shape index (κ3) is 3.23. The van der Waals surface area contributed by atoms with Gasteiger partial charge in [-0.3, -0.25) is 4.79 Å². The number of nitrogens with zero attached hydrogens (tertiary/aromatic N) is 1. The van der Waals surface area contributed by atoms with E-state index in [4.69, 9.17) is 0 Å². The lowest BCUT2D eigenvalue weighted by atomic mass is 10.1. The number of benzene rings is 3. The Morgan fingerprint density at radius 2 is 1.41 bits per heavy atom. The van der Waals surface area contributed by atoms with Gasteiger partial charge in [-0.15, -0.1) is 0 Å². The molecule has 107 valence electrons. The van der Waals surface area contributed by atoms with Crippen molar-refractivity contribution in [2.24, 2.45) is 0 Å². The minimum absolute atomic E-state index is 0.00402. The van der Waals surface area contributed by atoms with Crippen LogP contribution in [0.25, 0.3) is 0 Å². The first kappa shape index (κ1) is 14.1. The molecule has 0 spiro atoms. The van der Waals surface area contributed by atoms with E-state index in [2.05, 4.69) is 6.07 Å². The van der Waals surface area contributed by atoms with E-state index in [0.717, 1.165) is 11.3 Å². The van der Waals surface area contributed by atoms with Crippen LogP contribution >= 0.6 is 0 Å². The molecule has 0 atom stereocenters. The van der Waals surface area contributed by atoms with E-state index < -0.39 is 0 Å². The molecule has 3 rings (SSSR count). The molecule has 0 aliphatic rings. The van der Waals surface area contributed by atoms with Gasteiger partial charge in [0.25, 0.3) is 5.91 Å². The zero-order valence-electron chi connectivity index (χ0n) is 12.1. The normalized spacial score (nSPS) is 10.2. The number of anilines is 1. The van der Waals surface area contributed by atoms with Gasteiger partial charge in [0.2, 0.25) is 0 Å². The molecule has 0 fully saturated rings. The topological polar surface area (TPSA) is 20.3 Å². The van der Waals surface area contributed by atoms with Gasteiger partial charge in [-0.1, -0.05) is 60.7 Å². The second kappa shape index (κ2) is 6.72. The molecule has 0 aliphatic heterocycles. The van der Waals surface area contributed by atoms with Crippen LogP contribution in [0.4, 0.5) is 5.69 Å². The highest BCUT2D eigenvalue weighted by Crippen LogP contribution is 2.19. The predicted octanol–water partition coefficient (Wildman–Crippen LogP) is 4.33. The van der Waals surface area contributed by atoms with Crippen LogP contribution in [0.15, 0.2) is 84.9 Å². The minimum Gasteiger partial charge on any atom is -0.304 e. The van der Waals surface area contributed by atoms with E-state index in [1.807, 2.05) is 84.9 Å². The fourth-order valence-electron chi connectivity index (χ4n) is 2.34. The summed E-state index contributed by atoms with van der Waals surface area (Å²) in [5.74, 6) is -0.00402. The molecule has 0 saturated heterocycles. The summed E-state index contributed by atoms with van der Waals surface area (Å²) in [5, 5.41) is 0. The smallest absolute Gasteiger partial charge is 0.258 e. The monoisotopic (exact) mass is 286 g/mol. The van der Waals surface area contributed by atoms with Gasteiger partial charge in [0.15, 0.2) is 0 Å². The standard InChI is InChI=1S/C20H16NO/c22-20(18-12-6-2-7-13-18)21(19-14-8-3-9-15-19)16-17-10-4-1-5-11-17/h1-2,4-15H,16H2.